The molecule has 0 aromatic heterocycles. The molecule has 1 atom stereocenters. The van der Waals surface area contributed by atoms with E-state index >= 15 is 0 Å². The monoisotopic (exact) mass is 404 g/mol. The summed E-state index contributed by atoms with van der Waals surface area (Å²) in [5.41, 5.74) is -0.395. The Kier molecular flexibility index (Phi) is 6.17. The van der Waals surface area contributed by atoms with Gasteiger partial charge in [-0.05, 0) is 37.3 Å². The Morgan fingerprint density at radius 2 is 1.88 bits per heavy atom. The van der Waals surface area contributed by atoms with Crippen LogP contribution in [-0.4, -0.2) is 27.5 Å². The molecule has 2 aromatic carbocycles. The lowest BCUT2D eigenvalue weighted by molar-refractivity contribution is -0.117. The lowest BCUT2D eigenvalue weighted by Crippen LogP contribution is -2.41. The molecule has 6 nitrogen and oxygen atoms in total. The fraction of sp³-hybridized carbons (Fsp3) is 0.188. The predicted octanol–water partition coefficient (Wildman–Crippen LogP) is 2.93. The smallest absolute Gasteiger partial charge is 0.242 e. The average molecular weight is 405 g/mol. The maximum atomic E-state index is 13.6. The highest BCUT2D eigenvalue weighted by Gasteiger charge is 2.23. The summed E-state index contributed by atoms with van der Waals surface area (Å²) in [6.45, 7) is 1.26. The van der Waals surface area contributed by atoms with Crippen LogP contribution in [0, 0.1) is 11.6 Å². The van der Waals surface area contributed by atoms with Crippen LogP contribution in [0.5, 0.6) is 5.75 Å². The molecule has 2 aromatic rings. The molecule has 0 spiro atoms. The van der Waals surface area contributed by atoms with E-state index in [1.54, 1.807) is 0 Å². The lowest BCUT2D eigenvalue weighted by Gasteiger charge is -2.15. The van der Waals surface area contributed by atoms with E-state index in [9.17, 15) is 22.0 Å². The Hall–Kier alpha value is -2.23. The Morgan fingerprint density at radius 1 is 1.19 bits per heavy atom. The minimum atomic E-state index is -4.08. The maximum absolute atomic E-state index is 13.6. The zero-order chi connectivity index (χ0) is 19.5. The number of hydrogen-bond acceptors (Lipinski definition) is 4. The topological polar surface area (TPSA) is 84.5 Å². The number of rotatable bonds is 6. The summed E-state index contributed by atoms with van der Waals surface area (Å²) in [6.07, 6.45) is 0. The van der Waals surface area contributed by atoms with Crippen LogP contribution >= 0.6 is 11.6 Å². The SMILES string of the molecule is COc1ccc(S(=O)(=O)NC(C)C(=O)Nc2cc(F)ccc2F)cc1Cl. The summed E-state index contributed by atoms with van der Waals surface area (Å²) >= 11 is 5.90. The first-order valence-corrected chi connectivity index (χ1v) is 9.12. The van der Waals surface area contributed by atoms with Gasteiger partial charge in [-0.25, -0.2) is 17.2 Å². The van der Waals surface area contributed by atoms with Crippen molar-refractivity contribution in [1.82, 2.24) is 4.72 Å². The maximum Gasteiger partial charge on any atom is 0.242 e. The minimum absolute atomic E-state index is 0.0781. The van der Waals surface area contributed by atoms with Crippen molar-refractivity contribution in [2.45, 2.75) is 17.9 Å². The van der Waals surface area contributed by atoms with Gasteiger partial charge in [-0.1, -0.05) is 11.6 Å². The zero-order valence-electron chi connectivity index (χ0n) is 13.7. The molecule has 0 bridgehead atoms. The summed E-state index contributed by atoms with van der Waals surface area (Å²) in [6, 6.07) is 5.05. The second kappa shape index (κ2) is 7.98. The molecule has 26 heavy (non-hydrogen) atoms. The number of methoxy groups -OCH3 is 1. The molecule has 0 saturated carbocycles. The molecule has 2 rings (SSSR count). The first kappa shape index (κ1) is 20.1. The second-order valence-electron chi connectivity index (χ2n) is 5.25. The van der Waals surface area contributed by atoms with E-state index in [0.717, 1.165) is 18.2 Å². The Morgan fingerprint density at radius 3 is 2.50 bits per heavy atom. The van der Waals surface area contributed by atoms with Gasteiger partial charge < -0.3 is 10.1 Å². The highest BCUT2D eigenvalue weighted by molar-refractivity contribution is 7.89. The molecule has 0 aliphatic rings. The molecule has 0 radical (unpaired) electrons. The quantitative estimate of drug-likeness (QED) is 0.775. The van der Waals surface area contributed by atoms with Gasteiger partial charge in [0.2, 0.25) is 15.9 Å². The van der Waals surface area contributed by atoms with Crippen molar-refractivity contribution in [2.24, 2.45) is 0 Å². The number of carbonyl (C=O) groups is 1. The summed E-state index contributed by atoms with van der Waals surface area (Å²) in [4.78, 5) is 11.9. The third-order valence-electron chi connectivity index (χ3n) is 3.35. The fourth-order valence-corrected chi connectivity index (χ4v) is 3.55. The molecule has 140 valence electrons. The molecule has 0 saturated heterocycles. The number of ether oxygens (including phenoxy) is 1. The molecule has 0 heterocycles. The largest absolute Gasteiger partial charge is 0.495 e. The molecule has 0 aliphatic carbocycles. The first-order chi connectivity index (χ1) is 12.1. The number of amides is 1. The summed E-state index contributed by atoms with van der Waals surface area (Å²) in [7, 11) is -2.70. The van der Waals surface area contributed by atoms with Gasteiger partial charge >= 0.3 is 0 Å². The van der Waals surface area contributed by atoms with Gasteiger partial charge in [0.15, 0.2) is 0 Å². The van der Waals surface area contributed by atoms with Gasteiger partial charge in [0.25, 0.3) is 0 Å². The molecule has 0 aliphatic heterocycles. The van der Waals surface area contributed by atoms with Gasteiger partial charge in [0.1, 0.15) is 17.4 Å². The van der Waals surface area contributed by atoms with Crippen molar-refractivity contribution in [1.29, 1.82) is 0 Å². The number of sulfonamides is 1. The van der Waals surface area contributed by atoms with Gasteiger partial charge in [0, 0.05) is 6.07 Å². The van der Waals surface area contributed by atoms with Crippen molar-refractivity contribution in [3.63, 3.8) is 0 Å². The predicted molar refractivity (Wildman–Crippen MR) is 92.8 cm³/mol. The number of carbonyl (C=O) groups excluding carboxylic acids is 1. The van der Waals surface area contributed by atoms with Crippen LogP contribution in [0.25, 0.3) is 0 Å². The third-order valence-corrected chi connectivity index (χ3v) is 5.18. The fourth-order valence-electron chi connectivity index (χ4n) is 2.00. The van der Waals surface area contributed by atoms with Crippen LogP contribution in [0.1, 0.15) is 6.92 Å². The number of anilines is 1. The Bertz CT molecular complexity index is 938. The number of hydrogen-bond donors (Lipinski definition) is 2. The van der Waals surface area contributed by atoms with Gasteiger partial charge in [0.05, 0.1) is 28.8 Å². The van der Waals surface area contributed by atoms with Crippen molar-refractivity contribution in [3.05, 3.63) is 53.1 Å². The van der Waals surface area contributed by atoms with Crippen LogP contribution in [0.2, 0.25) is 5.02 Å². The summed E-state index contributed by atoms with van der Waals surface area (Å²) in [5, 5.41) is 2.21. The lowest BCUT2D eigenvalue weighted by atomic mass is 10.2. The van der Waals surface area contributed by atoms with Gasteiger partial charge in [-0.3, -0.25) is 4.79 Å². The van der Waals surface area contributed by atoms with Gasteiger partial charge in [-0.15, -0.1) is 0 Å². The van der Waals surface area contributed by atoms with E-state index in [1.165, 1.54) is 32.2 Å². The molecule has 1 amide bonds. The van der Waals surface area contributed by atoms with E-state index < -0.39 is 39.3 Å². The van der Waals surface area contributed by atoms with E-state index in [-0.39, 0.29) is 15.7 Å². The molecule has 2 N–H and O–H groups in total. The molecule has 10 heteroatoms. The van der Waals surface area contributed by atoms with Crippen LogP contribution in [0.3, 0.4) is 0 Å². The van der Waals surface area contributed by atoms with Crippen LogP contribution in [-0.2, 0) is 14.8 Å². The summed E-state index contributed by atoms with van der Waals surface area (Å²) in [5.74, 6) is -2.17. The van der Waals surface area contributed by atoms with Crippen molar-refractivity contribution >= 4 is 33.2 Å². The standard InChI is InChI=1S/C16H15ClF2N2O4S/c1-9(16(22)20-14-7-10(18)3-5-13(14)19)21-26(23,24)11-4-6-15(25-2)12(17)8-11/h3-9,21H,1-2H3,(H,20,22). The van der Waals surface area contributed by atoms with E-state index in [0.29, 0.717) is 0 Å². The van der Waals surface area contributed by atoms with Crippen LogP contribution in [0.15, 0.2) is 41.3 Å². The number of halogens is 3. The number of benzene rings is 2. The first-order valence-electron chi connectivity index (χ1n) is 7.26. The van der Waals surface area contributed by atoms with Gasteiger partial charge in [-0.2, -0.15) is 4.72 Å². The Labute approximate surface area is 154 Å². The van der Waals surface area contributed by atoms with Crippen LogP contribution < -0.4 is 14.8 Å². The zero-order valence-corrected chi connectivity index (χ0v) is 15.3. The van der Waals surface area contributed by atoms with Crippen molar-refractivity contribution < 1.29 is 26.7 Å². The third kappa shape index (κ3) is 4.69. The Balaban J connectivity index is 2.14. The van der Waals surface area contributed by atoms with Crippen molar-refractivity contribution in [3.8, 4) is 5.75 Å². The highest BCUT2D eigenvalue weighted by Crippen LogP contribution is 2.27. The molecular weight excluding hydrogens is 390 g/mol. The molecular formula is C16H15ClF2N2O4S. The van der Waals surface area contributed by atoms with Crippen molar-refractivity contribution in [2.75, 3.05) is 12.4 Å². The minimum Gasteiger partial charge on any atom is -0.495 e. The normalized spacial score (nSPS) is 12.5. The number of nitrogens with one attached hydrogen (secondary N) is 2. The van der Waals surface area contributed by atoms with E-state index in [4.69, 9.17) is 16.3 Å². The van der Waals surface area contributed by atoms with E-state index in [2.05, 4.69) is 10.0 Å². The molecule has 0 fully saturated rings. The van der Waals surface area contributed by atoms with Crippen LogP contribution in [0.4, 0.5) is 14.5 Å². The summed E-state index contributed by atoms with van der Waals surface area (Å²) < 4.78 is 58.5. The highest BCUT2D eigenvalue weighted by atomic mass is 35.5. The molecule has 1 unspecified atom stereocenters. The van der Waals surface area contributed by atoms with E-state index in [1.807, 2.05) is 0 Å². The average Bonchev–Trinajstić information content (AvgIpc) is 2.57. The second-order valence-corrected chi connectivity index (χ2v) is 7.37.